The van der Waals surface area contributed by atoms with E-state index in [1.54, 1.807) is 0 Å². The number of amides is 1. The molecule has 0 aromatic carbocycles. The van der Waals surface area contributed by atoms with Crippen LogP contribution in [0.2, 0.25) is 0 Å². The van der Waals surface area contributed by atoms with Crippen molar-refractivity contribution in [3.8, 4) is 0 Å². The average molecular weight is 284 g/mol. The molecule has 4 nitrogen and oxygen atoms in total. The number of carbonyl (C=O) groups is 2. The Hall–Kier alpha value is -0.900. The van der Waals surface area contributed by atoms with E-state index in [0.29, 0.717) is 12.6 Å². The molecule has 1 atom stereocenters. The van der Waals surface area contributed by atoms with Crippen molar-refractivity contribution in [1.29, 1.82) is 0 Å². The molecule has 0 saturated carbocycles. The van der Waals surface area contributed by atoms with E-state index in [1.807, 2.05) is 13.8 Å². The minimum absolute atomic E-state index is 0.0235. The molecule has 0 radical (unpaired) electrons. The van der Waals surface area contributed by atoms with Gasteiger partial charge in [0.15, 0.2) is 5.78 Å². The van der Waals surface area contributed by atoms with Crippen LogP contribution in [0.3, 0.4) is 0 Å². The second kappa shape index (κ2) is 9.92. The Kier molecular flexibility index (Phi) is 9.47. The summed E-state index contributed by atoms with van der Waals surface area (Å²) >= 11 is 0. The third-order valence-corrected chi connectivity index (χ3v) is 3.55. The van der Waals surface area contributed by atoms with Gasteiger partial charge in [0.2, 0.25) is 5.91 Å². The maximum Gasteiger partial charge on any atom is 0.234 e. The number of Topliss-reactive ketones (excluding diaryl/α,β-unsaturated/α-hetero) is 1. The zero-order valence-electron chi connectivity index (χ0n) is 14.0. The molecule has 0 fully saturated rings. The fourth-order valence-corrected chi connectivity index (χ4v) is 2.23. The predicted molar refractivity (Wildman–Crippen MR) is 83.7 cm³/mol. The Balaban J connectivity index is 4.40. The van der Waals surface area contributed by atoms with E-state index >= 15 is 0 Å². The summed E-state index contributed by atoms with van der Waals surface area (Å²) in [5, 5.41) is 2.86. The number of nitrogens with zero attached hydrogens (tertiary/aromatic N) is 1. The first kappa shape index (κ1) is 19.1. The number of rotatable bonds is 10. The molecule has 0 bridgehead atoms. The van der Waals surface area contributed by atoms with Crippen LogP contribution in [0.4, 0.5) is 0 Å². The molecular formula is C16H32N2O2. The van der Waals surface area contributed by atoms with E-state index in [9.17, 15) is 9.59 Å². The highest BCUT2D eigenvalue weighted by atomic mass is 16.2. The van der Waals surface area contributed by atoms with Crippen LogP contribution in [0.25, 0.3) is 0 Å². The number of unbranched alkanes of at least 4 members (excludes halogenated alkanes) is 2. The van der Waals surface area contributed by atoms with Crippen LogP contribution in [0.5, 0.6) is 0 Å². The van der Waals surface area contributed by atoms with Crippen molar-refractivity contribution in [3.63, 3.8) is 0 Å². The van der Waals surface area contributed by atoms with Crippen molar-refractivity contribution in [2.75, 3.05) is 13.1 Å². The van der Waals surface area contributed by atoms with Crippen molar-refractivity contribution < 1.29 is 9.59 Å². The third-order valence-electron chi connectivity index (χ3n) is 3.55. The van der Waals surface area contributed by atoms with E-state index in [-0.39, 0.29) is 23.7 Å². The lowest BCUT2D eigenvalue weighted by atomic mass is 10.0. The van der Waals surface area contributed by atoms with E-state index in [1.165, 1.54) is 19.8 Å². The first-order valence-electron chi connectivity index (χ1n) is 7.83. The summed E-state index contributed by atoms with van der Waals surface area (Å²) in [6.45, 7) is 13.1. The summed E-state index contributed by atoms with van der Waals surface area (Å²) in [5.74, 6) is 0.101. The van der Waals surface area contributed by atoms with E-state index in [2.05, 4.69) is 31.0 Å². The summed E-state index contributed by atoms with van der Waals surface area (Å²) in [6, 6.07) is -0.0282. The lowest BCUT2D eigenvalue weighted by molar-refractivity contribution is -0.128. The van der Waals surface area contributed by atoms with Gasteiger partial charge in [-0.3, -0.25) is 14.5 Å². The van der Waals surface area contributed by atoms with Gasteiger partial charge in [0.05, 0.1) is 12.6 Å². The van der Waals surface area contributed by atoms with Gasteiger partial charge < -0.3 is 5.32 Å². The molecule has 0 aliphatic heterocycles. The first-order chi connectivity index (χ1) is 9.29. The lowest BCUT2D eigenvalue weighted by Crippen LogP contribution is -2.48. The van der Waals surface area contributed by atoms with Crippen LogP contribution in [-0.4, -0.2) is 41.8 Å². The van der Waals surface area contributed by atoms with Crippen LogP contribution >= 0.6 is 0 Å². The van der Waals surface area contributed by atoms with Gasteiger partial charge in [-0.1, -0.05) is 33.6 Å². The van der Waals surface area contributed by atoms with Crippen molar-refractivity contribution in [1.82, 2.24) is 10.2 Å². The monoisotopic (exact) mass is 284 g/mol. The normalized spacial score (nSPS) is 13.1. The lowest BCUT2D eigenvalue weighted by Gasteiger charge is -2.27. The molecule has 0 aliphatic rings. The zero-order valence-corrected chi connectivity index (χ0v) is 14.0. The predicted octanol–water partition coefficient (Wildman–Crippen LogP) is 2.62. The molecule has 118 valence electrons. The maximum absolute atomic E-state index is 12.1. The van der Waals surface area contributed by atoms with Crippen molar-refractivity contribution in [3.05, 3.63) is 0 Å². The molecule has 0 saturated heterocycles. The molecule has 0 aromatic heterocycles. The fraction of sp³-hybridized carbons (Fsp3) is 0.875. The highest BCUT2D eigenvalue weighted by Crippen LogP contribution is 2.05. The molecule has 0 spiro atoms. The molecule has 4 heteroatoms. The molecule has 1 amide bonds. The Morgan fingerprint density at radius 2 is 1.70 bits per heavy atom. The van der Waals surface area contributed by atoms with Gasteiger partial charge in [0, 0.05) is 6.04 Å². The van der Waals surface area contributed by atoms with Crippen LogP contribution in [0, 0.1) is 5.92 Å². The van der Waals surface area contributed by atoms with Crippen LogP contribution in [0.1, 0.15) is 60.8 Å². The Morgan fingerprint density at radius 1 is 1.10 bits per heavy atom. The number of ketones is 1. The topological polar surface area (TPSA) is 49.4 Å². The smallest absolute Gasteiger partial charge is 0.234 e. The summed E-state index contributed by atoms with van der Waals surface area (Å²) < 4.78 is 0. The number of hydrogen-bond acceptors (Lipinski definition) is 3. The quantitative estimate of drug-likeness (QED) is 0.627. The fourth-order valence-electron chi connectivity index (χ4n) is 2.23. The second-order valence-corrected chi connectivity index (χ2v) is 6.17. The van der Waals surface area contributed by atoms with E-state index in [4.69, 9.17) is 0 Å². The minimum atomic E-state index is -0.368. The Bertz CT molecular complexity index is 301. The minimum Gasteiger partial charge on any atom is -0.345 e. The van der Waals surface area contributed by atoms with Crippen molar-refractivity contribution in [2.24, 2.45) is 5.92 Å². The Labute approximate surface area is 124 Å². The zero-order chi connectivity index (χ0) is 15.7. The van der Waals surface area contributed by atoms with Crippen LogP contribution in [-0.2, 0) is 9.59 Å². The van der Waals surface area contributed by atoms with Crippen molar-refractivity contribution >= 4 is 11.7 Å². The van der Waals surface area contributed by atoms with E-state index < -0.39 is 0 Å². The molecule has 1 N–H and O–H groups in total. The Morgan fingerprint density at radius 3 is 2.10 bits per heavy atom. The molecule has 0 rings (SSSR count). The summed E-state index contributed by atoms with van der Waals surface area (Å²) in [7, 11) is 0. The van der Waals surface area contributed by atoms with E-state index in [0.717, 1.165) is 13.0 Å². The molecule has 0 aromatic rings. The van der Waals surface area contributed by atoms with Gasteiger partial charge in [-0.15, -0.1) is 0 Å². The third kappa shape index (κ3) is 7.63. The highest BCUT2D eigenvalue weighted by Gasteiger charge is 2.22. The second-order valence-electron chi connectivity index (χ2n) is 6.17. The highest BCUT2D eigenvalue weighted by molar-refractivity contribution is 5.88. The largest absolute Gasteiger partial charge is 0.345 e. The van der Waals surface area contributed by atoms with Crippen LogP contribution in [0.15, 0.2) is 0 Å². The number of hydrogen-bond donors (Lipinski definition) is 1. The van der Waals surface area contributed by atoms with Gasteiger partial charge in [0.25, 0.3) is 0 Å². The number of nitrogens with one attached hydrogen (secondary N) is 1. The van der Waals surface area contributed by atoms with Crippen LogP contribution < -0.4 is 5.32 Å². The molecule has 0 aliphatic carbocycles. The van der Waals surface area contributed by atoms with Gasteiger partial charge in [0.1, 0.15) is 0 Å². The number of carbonyl (C=O) groups excluding carboxylic acids is 2. The van der Waals surface area contributed by atoms with Gasteiger partial charge >= 0.3 is 0 Å². The molecular weight excluding hydrogens is 252 g/mol. The summed E-state index contributed by atoms with van der Waals surface area (Å²) in [4.78, 5) is 25.8. The van der Waals surface area contributed by atoms with Gasteiger partial charge in [-0.05, 0) is 39.7 Å². The standard InChI is InChI=1S/C16H32N2O2/c1-7-8-9-10-18(13(4)5)11-15(20)17-16(12(2)3)14(6)19/h12-13,16H,7-11H2,1-6H3,(H,17,20). The maximum atomic E-state index is 12.1. The average Bonchev–Trinajstić information content (AvgIpc) is 2.34. The summed E-state index contributed by atoms with van der Waals surface area (Å²) in [5.41, 5.74) is 0. The van der Waals surface area contributed by atoms with Gasteiger partial charge in [-0.2, -0.15) is 0 Å². The molecule has 0 heterocycles. The SMILES string of the molecule is CCCCCN(CC(=O)NC(C(C)=O)C(C)C)C(C)C. The van der Waals surface area contributed by atoms with Gasteiger partial charge in [-0.25, -0.2) is 0 Å². The first-order valence-corrected chi connectivity index (χ1v) is 7.83. The molecule has 20 heavy (non-hydrogen) atoms. The molecule has 1 unspecified atom stereocenters. The summed E-state index contributed by atoms with van der Waals surface area (Å²) in [6.07, 6.45) is 3.48. The van der Waals surface area contributed by atoms with Crippen molar-refractivity contribution in [2.45, 2.75) is 72.9 Å².